The maximum atomic E-state index is 14.9. The molecule has 1 aliphatic carbocycles. The second-order valence-corrected chi connectivity index (χ2v) is 14.5. The van der Waals surface area contributed by atoms with Crippen LogP contribution in [0.4, 0.5) is 0 Å². The zero-order chi connectivity index (χ0) is 32.8. The van der Waals surface area contributed by atoms with Gasteiger partial charge in [0.15, 0.2) is 11.3 Å². The minimum absolute atomic E-state index is 0.0369. The molecule has 11 heteroatoms. The Bertz CT molecular complexity index is 1980. The maximum Gasteiger partial charge on any atom is 0.265 e. The van der Waals surface area contributed by atoms with Gasteiger partial charge in [0.05, 0.1) is 22.9 Å². The summed E-state index contributed by atoms with van der Waals surface area (Å²) in [7, 11) is -3.66. The minimum Gasteiger partial charge on any atom is -0.297 e. The van der Waals surface area contributed by atoms with Crippen LogP contribution in [0.3, 0.4) is 0 Å². The van der Waals surface area contributed by atoms with E-state index in [1.807, 2.05) is 0 Å². The molecular formula is C36H32N6O4S. The zero-order valence-electron chi connectivity index (χ0n) is 25.7. The van der Waals surface area contributed by atoms with Crippen LogP contribution in [0.15, 0.2) is 114 Å². The Labute approximate surface area is 273 Å². The van der Waals surface area contributed by atoms with Gasteiger partial charge >= 0.3 is 0 Å². The predicted molar refractivity (Wildman–Crippen MR) is 173 cm³/mol. The molecule has 2 aromatic carbocycles. The van der Waals surface area contributed by atoms with Gasteiger partial charge in [-0.25, -0.2) is 13.4 Å². The number of hydrogen-bond donors (Lipinski definition) is 0. The Morgan fingerprint density at radius 2 is 1.53 bits per heavy atom. The average Bonchev–Trinajstić information content (AvgIpc) is 3.61. The van der Waals surface area contributed by atoms with Crippen molar-refractivity contribution >= 4 is 27.5 Å². The van der Waals surface area contributed by atoms with E-state index in [1.54, 1.807) is 113 Å². The van der Waals surface area contributed by atoms with E-state index in [2.05, 4.69) is 23.0 Å². The summed E-state index contributed by atoms with van der Waals surface area (Å²) in [5.74, 6) is 0.0808. The highest BCUT2D eigenvalue weighted by Crippen LogP contribution is 2.63. The highest BCUT2D eigenvalue weighted by molar-refractivity contribution is 7.89. The van der Waals surface area contributed by atoms with Crippen molar-refractivity contribution in [2.24, 2.45) is 22.2 Å². The van der Waals surface area contributed by atoms with Gasteiger partial charge in [-0.2, -0.15) is 9.57 Å². The number of ketones is 1. The number of carbonyl (C=O) groups excluding carboxylic acids is 2. The molecule has 7 rings (SSSR count). The van der Waals surface area contributed by atoms with E-state index >= 15 is 0 Å². The summed E-state index contributed by atoms with van der Waals surface area (Å²) in [6, 6.07) is 24.0. The first-order chi connectivity index (χ1) is 22.7. The van der Waals surface area contributed by atoms with Crippen molar-refractivity contribution in [3.63, 3.8) is 0 Å². The smallest absolute Gasteiger partial charge is 0.265 e. The summed E-state index contributed by atoms with van der Waals surface area (Å²) in [5.41, 5.74) is 0.254. The fraction of sp³-hybridized carbons (Fsp3) is 0.278. The van der Waals surface area contributed by atoms with Crippen molar-refractivity contribution in [2.45, 2.75) is 30.2 Å². The van der Waals surface area contributed by atoms with Gasteiger partial charge < -0.3 is 0 Å². The largest absolute Gasteiger partial charge is 0.297 e. The summed E-state index contributed by atoms with van der Waals surface area (Å²) < 4.78 is 28.5. The van der Waals surface area contributed by atoms with Gasteiger partial charge in [-0.05, 0) is 83.3 Å². The summed E-state index contributed by atoms with van der Waals surface area (Å²) >= 11 is 0. The minimum atomic E-state index is -3.66. The number of nitrogens with zero attached hydrogens (tertiary/aromatic N) is 6. The molecule has 0 radical (unpaired) electrons. The monoisotopic (exact) mass is 644 g/mol. The number of piperidine rings is 1. The van der Waals surface area contributed by atoms with Gasteiger partial charge in [-0.3, -0.25) is 24.5 Å². The van der Waals surface area contributed by atoms with Crippen LogP contribution in [0.5, 0.6) is 0 Å². The highest BCUT2D eigenvalue weighted by Gasteiger charge is 2.65. The fourth-order valence-electron chi connectivity index (χ4n) is 7.38. The quantitative estimate of drug-likeness (QED) is 0.246. The zero-order valence-corrected chi connectivity index (χ0v) is 26.5. The van der Waals surface area contributed by atoms with E-state index in [0.29, 0.717) is 47.6 Å². The number of amides is 1. The Kier molecular flexibility index (Phi) is 7.57. The number of hydrogen-bond acceptors (Lipinski definition) is 8. The molecule has 1 amide bonds. The van der Waals surface area contributed by atoms with E-state index < -0.39 is 15.6 Å². The van der Waals surface area contributed by atoms with Crippen LogP contribution < -0.4 is 0 Å². The Hall–Kier alpha value is -5.05. The number of carbonyl (C=O) groups is 2. The number of sulfonamides is 1. The topological polar surface area (TPSA) is 137 Å². The molecule has 4 heterocycles. The summed E-state index contributed by atoms with van der Waals surface area (Å²) in [4.78, 5) is 43.9. The van der Waals surface area contributed by atoms with E-state index in [4.69, 9.17) is 4.99 Å². The molecule has 0 unspecified atom stereocenters. The lowest BCUT2D eigenvalue weighted by Crippen LogP contribution is -2.45. The summed E-state index contributed by atoms with van der Waals surface area (Å²) in [6.45, 7) is 3.15. The Balaban J connectivity index is 1.24. The second-order valence-electron chi connectivity index (χ2n) is 12.6. The standard InChI is InChI=1S/C36H32N6O4S/c1-35(30-15-20-41(23-31(30)35)47(45,46)29-5-3-2-4-6-29)24-42-33(21-32(43)26-9-7-25(22-37)8-10-26)40-36(34(42)44,27-11-16-38-17-12-27)28-13-18-39-19-14-28/h2-14,16-19,30-31H,15,20-21,23-24H2,1H3/t30-,31+,35-/m1/s1. The first-order valence-corrected chi connectivity index (χ1v) is 16.9. The maximum absolute atomic E-state index is 14.9. The van der Waals surface area contributed by atoms with Gasteiger partial charge in [0.1, 0.15) is 5.84 Å². The third kappa shape index (κ3) is 5.14. The molecule has 2 aromatic heterocycles. The molecule has 4 aromatic rings. The molecule has 3 aliphatic rings. The third-order valence-electron chi connectivity index (χ3n) is 10.1. The van der Waals surface area contributed by atoms with Gasteiger partial charge in [-0.1, -0.05) is 37.3 Å². The molecule has 2 aliphatic heterocycles. The first kappa shape index (κ1) is 30.6. The lowest BCUT2D eigenvalue weighted by molar-refractivity contribution is -0.130. The number of pyridine rings is 2. The summed E-state index contributed by atoms with van der Waals surface area (Å²) in [6.07, 6.45) is 7.00. The molecule has 2 fully saturated rings. The predicted octanol–water partition coefficient (Wildman–Crippen LogP) is 4.45. The molecule has 0 N–H and O–H groups in total. The van der Waals surface area contributed by atoms with Crippen molar-refractivity contribution in [3.05, 3.63) is 126 Å². The van der Waals surface area contributed by atoms with Crippen LogP contribution in [-0.4, -0.2) is 64.8 Å². The average molecular weight is 645 g/mol. The molecular weight excluding hydrogens is 613 g/mol. The number of benzene rings is 2. The molecule has 3 atom stereocenters. The van der Waals surface area contributed by atoms with Gasteiger partial charge in [-0.15, -0.1) is 0 Å². The number of aromatic nitrogens is 2. The number of fused-ring (bicyclic) bond motifs is 1. The van der Waals surface area contributed by atoms with Crippen LogP contribution in [0, 0.1) is 28.6 Å². The van der Waals surface area contributed by atoms with Crippen molar-refractivity contribution in [3.8, 4) is 6.07 Å². The Morgan fingerprint density at radius 1 is 0.915 bits per heavy atom. The number of Topliss-reactive ketones (excluding diaryl/α,β-unsaturated/α-hetero) is 1. The fourth-order valence-corrected chi connectivity index (χ4v) is 8.88. The first-order valence-electron chi connectivity index (χ1n) is 15.5. The number of aliphatic imine (C=N–C) groups is 1. The highest BCUT2D eigenvalue weighted by atomic mass is 32.2. The van der Waals surface area contributed by atoms with Crippen LogP contribution in [0.25, 0.3) is 0 Å². The molecule has 1 saturated heterocycles. The van der Waals surface area contributed by atoms with E-state index in [0.717, 1.165) is 0 Å². The summed E-state index contributed by atoms with van der Waals surface area (Å²) in [5, 5.41) is 9.21. The molecule has 47 heavy (non-hydrogen) atoms. The van der Waals surface area contributed by atoms with Crippen molar-refractivity contribution in [1.82, 2.24) is 19.2 Å². The number of nitriles is 1. The van der Waals surface area contributed by atoms with E-state index in [-0.39, 0.29) is 46.8 Å². The van der Waals surface area contributed by atoms with Gasteiger partial charge in [0.25, 0.3) is 5.91 Å². The molecule has 1 saturated carbocycles. The van der Waals surface area contributed by atoms with Crippen molar-refractivity contribution < 1.29 is 18.0 Å². The van der Waals surface area contributed by atoms with Gasteiger partial charge in [0.2, 0.25) is 10.0 Å². The second kappa shape index (κ2) is 11.6. The molecule has 0 bridgehead atoms. The van der Waals surface area contributed by atoms with Crippen molar-refractivity contribution in [2.75, 3.05) is 19.6 Å². The number of rotatable bonds is 9. The van der Waals surface area contributed by atoms with Crippen LogP contribution in [0.1, 0.15) is 46.8 Å². The molecule has 10 nitrogen and oxygen atoms in total. The molecule has 236 valence electrons. The molecule has 0 spiro atoms. The van der Waals surface area contributed by atoms with Crippen LogP contribution in [0.2, 0.25) is 0 Å². The SMILES string of the molecule is C[C@@]1(CN2C(=O)C(c3ccncc3)(c3ccncc3)N=C2CC(=O)c2ccc(C#N)cc2)[C@@H]2CCN(S(=O)(=O)c3ccccc3)C[C@@H]21. The van der Waals surface area contributed by atoms with Crippen molar-refractivity contribution in [1.29, 1.82) is 5.26 Å². The lowest BCUT2D eigenvalue weighted by Gasteiger charge is -2.29. The van der Waals surface area contributed by atoms with Gasteiger partial charge in [0, 0.05) is 50.0 Å². The normalized spacial score (nSPS) is 23.4. The number of amidine groups is 1. The van der Waals surface area contributed by atoms with E-state index in [9.17, 15) is 23.3 Å². The van der Waals surface area contributed by atoms with E-state index in [1.165, 1.54) is 0 Å². The van der Waals surface area contributed by atoms with Crippen LogP contribution >= 0.6 is 0 Å². The van der Waals surface area contributed by atoms with Crippen LogP contribution in [-0.2, 0) is 20.4 Å². The Morgan fingerprint density at radius 3 is 2.13 bits per heavy atom. The lowest BCUT2D eigenvalue weighted by atomic mass is 9.83. The third-order valence-corrected chi connectivity index (χ3v) is 11.9.